The van der Waals surface area contributed by atoms with E-state index < -0.39 is 0 Å². The first-order valence-corrected chi connectivity index (χ1v) is 6.99. The van der Waals surface area contributed by atoms with Crippen LogP contribution in [0, 0.1) is 0 Å². The molecule has 2 aromatic rings. The zero-order valence-corrected chi connectivity index (χ0v) is 11.6. The van der Waals surface area contributed by atoms with Gasteiger partial charge in [-0.1, -0.05) is 42.1 Å². The maximum atomic E-state index is 11.8. The second-order valence-corrected chi connectivity index (χ2v) is 5.50. The number of hydrogen-bond acceptors (Lipinski definition) is 3. The molecule has 2 rings (SSSR count). The highest BCUT2D eigenvalue weighted by molar-refractivity contribution is 8.00. The first kappa shape index (κ1) is 13.6. The SMILES string of the molecule is C=CCNC(=O)C(C)Sc1ccc2ccccc2n1. The van der Waals surface area contributed by atoms with Crippen LogP contribution in [-0.4, -0.2) is 22.7 Å². The van der Waals surface area contributed by atoms with Crippen LogP contribution in [0.1, 0.15) is 6.92 Å². The number of carbonyl (C=O) groups excluding carboxylic acids is 1. The van der Waals surface area contributed by atoms with Crippen LogP contribution in [0.15, 0.2) is 54.1 Å². The van der Waals surface area contributed by atoms with Gasteiger partial charge in [-0.15, -0.1) is 6.58 Å². The summed E-state index contributed by atoms with van der Waals surface area (Å²) in [5.41, 5.74) is 0.950. The summed E-state index contributed by atoms with van der Waals surface area (Å²) in [6.07, 6.45) is 1.67. The van der Waals surface area contributed by atoms with Gasteiger partial charge in [0.15, 0.2) is 0 Å². The largest absolute Gasteiger partial charge is 0.352 e. The third-order valence-electron chi connectivity index (χ3n) is 2.66. The van der Waals surface area contributed by atoms with Crippen molar-refractivity contribution in [1.29, 1.82) is 0 Å². The lowest BCUT2D eigenvalue weighted by atomic mass is 10.2. The number of fused-ring (bicyclic) bond motifs is 1. The maximum Gasteiger partial charge on any atom is 0.233 e. The third-order valence-corrected chi connectivity index (χ3v) is 3.70. The minimum Gasteiger partial charge on any atom is -0.352 e. The van der Waals surface area contributed by atoms with Gasteiger partial charge in [0.05, 0.1) is 15.8 Å². The fourth-order valence-corrected chi connectivity index (χ4v) is 2.51. The Labute approximate surface area is 117 Å². The molecule has 1 amide bonds. The van der Waals surface area contributed by atoms with Gasteiger partial charge >= 0.3 is 0 Å². The molecule has 98 valence electrons. The topological polar surface area (TPSA) is 42.0 Å². The van der Waals surface area contributed by atoms with Crippen molar-refractivity contribution in [2.45, 2.75) is 17.2 Å². The van der Waals surface area contributed by atoms with E-state index in [0.29, 0.717) is 6.54 Å². The molecule has 19 heavy (non-hydrogen) atoms. The minimum absolute atomic E-state index is 0.000131. The Kier molecular flexibility index (Phi) is 4.58. The summed E-state index contributed by atoms with van der Waals surface area (Å²) < 4.78 is 0. The zero-order chi connectivity index (χ0) is 13.7. The smallest absolute Gasteiger partial charge is 0.233 e. The molecule has 1 atom stereocenters. The number of nitrogens with zero attached hydrogens (tertiary/aromatic N) is 1. The van der Waals surface area contributed by atoms with E-state index in [9.17, 15) is 4.79 Å². The van der Waals surface area contributed by atoms with Crippen molar-refractivity contribution in [3.8, 4) is 0 Å². The molecule has 1 aromatic carbocycles. The molecule has 0 aliphatic heterocycles. The van der Waals surface area contributed by atoms with Crippen LogP contribution in [0.3, 0.4) is 0 Å². The number of hydrogen-bond donors (Lipinski definition) is 1. The second kappa shape index (κ2) is 6.38. The van der Waals surface area contributed by atoms with Gasteiger partial charge in [0.1, 0.15) is 0 Å². The van der Waals surface area contributed by atoms with Gasteiger partial charge in [-0.3, -0.25) is 4.79 Å². The highest BCUT2D eigenvalue weighted by atomic mass is 32.2. The Morgan fingerprint density at radius 1 is 1.42 bits per heavy atom. The third kappa shape index (κ3) is 3.58. The molecule has 0 aliphatic carbocycles. The van der Waals surface area contributed by atoms with Gasteiger partial charge in [-0.25, -0.2) is 4.98 Å². The van der Waals surface area contributed by atoms with E-state index in [1.54, 1.807) is 6.08 Å². The number of aromatic nitrogens is 1. The second-order valence-electron chi connectivity index (χ2n) is 4.14. The summed E-state index contributed by atoms with van der Waals surface area (Å²) in [6, 6.07) is 11.9. The van der Waals surface area contributed by atoms with Crippen LogP contribution in [0.25, 0.3) is 10.9 Å². The van der Waals surface area contributed by atoms with Crippen LogP contribution in [0.5, 0.6) is 0 Å². The Balaban J connectivity index is 2.08. The molecule has 0 fully saturated rings. The molecule has 1 aromatic heterocycles. The number of thioether (sulfide) groups is 1. The highest BCUT2D eigenvalue weighted by Gasteiger charge is 2.14. The van der Waals surface area contributed by atoms with Crippen LogP contribution in [0.4, 0.5) is 0 Å². The summed E-state index contributed by atoms with van der Waals surface area (Å²) in [5, 5.41) is 4.58. The minimum atomic E-state index is -0.173. The van der Waals surface area contributed by atoms with Crippen LogP contribution < -0.4 is 5.32 Å². The van der Waals surface area contributed by atoms with E-state index in [4.69, 9.17) is 0 Å². The van der Waals surface area contributed by atoms with Crippen molar-refractivity contribution in [1.82, 2.24) is 10.3 Å². The number of para-hydroxylation sites is 1. The summed E-state index contributed by atoms with van der Waals surface area (Å²) in [4.78, 5) is 16.3. The Morgan fingerprint density at radius 3 is 3.00 bits per heavy atom. The van der Waals surface area contributed by atoms with Gasteiger partial charge in [0.2, 0.25) is 5.91 Å². The van der Waals surface area contributed by atoms with Crippen molar-refractivity contribution in [2.75, 3.05) is 6.54 Å². The molecule has 0 spiro atoms. The van der Waals surface area contributed by atoms with Crippen molar-refractivity contribution < 1.29 is 4.79 Å². The number of benzene rings is 1. The van der Waals surface area contributed by atoms with Crippen molar-refractivity contribution >= 4 is 28.6 Å². The fourth-order valence-electron chi connectivity index (χ4n) is 1.66. The van der Waals surface area contributed by atoms with E-state index in [2.05, 4.69) is 16.9 Å². The molecule has 0 saturated heterocycles. The molecule has 0 radical (unpaired) electrons. The van der Waals surface area contributed by atoms with Gasteiger partial charge < -0.3 is 5.32 Å². The van der Waals surface area contributed by atoms with Gasteiger partial charge in [-0.05, 0) is 19.1 Å². The standard InChI is InChI=1S/C15H16N2OS/c1-3-10-16-15(18)11(2)19-14-9-8-12-6-4-5-7-13(12)17-14/h3-9,11H,1,10H2,2H3,(H,16,18). The first-order valence-electron chi connectivity index (χ1n) is 6.12. The normalized spacial score (nSPS) is 12.1. The Hall–Kier alpha value is -1.81. The lowest BCUT2D eigenvalue weighted by Gasteiger charge is -2.10. The molecule has 1 heterocycles. The maximum absolute atomic E-state index is 11.8. The number of pyridine rings is 1. The molecule has 0 bridgehead atoms. The van der Waals surface area contributed by atoms with Gasteiger partial charge in [0, 0.05) is 11.9 Å². The molecule has 4 heteroatoms. The quantitative estimate of drug-likeness (QED) is 0.672. The Bertz CT molecular complexity index is 597. The zero-order valence-electron chi connectivity index (χ0n) is 10.8. The monoisotopic (exact) mass is 272 g/mol. The van der Waals surface area contributed by atoms with Gasteiger partial charge in [-0.2, -0.15) is 0 Å². The highest BCUT2D eigenvalue weighted by Crippen LogP contribution is 2.23. The lowest BCUT2D eigenvalue weighted by Crippen LogP contribution is -2.30. The average Bonchev–Trinajstić information content (AvgIpc) is 2.44. The number of amides is 1. The molecule has 0 saturated carbocycles. The average molecular weight is 272 g/mol. The van der Waals surface area contributed by atoms with Crippen molar-refractivity contribution in [3.63, 3.8) is 0 Å². The van der Waals surface area contributed by atoms with Crippen molar-refractivity contribution in [3.05, 3.63) is 49.1 Å². The number of carbonyl (C=O) groups is 1. The predicted octanol–water partition coefficient (Wildman–Crippen LogP) is 3.02. The van der Waals surface area contributed by atoms with Crippen LogP contribution in [0.2, 0.25) is 0 Å². The summed E-state index contributed by atoms with van der Waals surface area (Å²) in [5.74, 6) is -0.000131. The molecule has 1 N–H and O–H groups in total. The molecular weight excluding hydrogens is 256 g/mol. The van der Waals surface area contributed by atoms with E-state index in [0.717, 1.165) is 15.9 Å². The summed E-state index contributed by atoms with van der Waals surface area (Å²) >= 11 is 1.46. The Morgan fingerprint density at radius 2 is 2.21 bits per heavy atom. The molecule has 0 aliphatic rings. The van der Waals surface area contributed by atoms with Crippen LogP contribution in [-0.2, 0) is 4.79 Å². The summed E-state index contributed by atoms with van der Waals surface area (Å²) in [6.45, 7) is 5.95. The number of nitrogens with one attached hydrogen (secondary N) is 1. The van der Waals surface area contributed by atoms with E-state index >= 15 is 0 Å². The molecule has 3 nitrogen and oxygen atoms in total. The van der Waals surface area contributed by atoms with Crippen molar-refractivity contribution in [2.24, 2.45) is 0 Å². The van der Waals surface area contributed by atoms with Crippen LogP contribution >= 0.6 is 11.8 Å². The van der Waals surface area contributed by atoms with Gasteiger partial charge in [0.25, 0.3) is 0 Å². The van der Waals surface area contributed by atoms with E-state index in [-0.39, 0.29) is 11.2 Å². The fraction of sp³-hybridized carbons (Fsp3) is 0.200. The molecular formula is C15H16N2OS. The lowest BCUT2D eigenvalue weighted by molar-refractivity contribution is -0.120. The predicted molar refractivity (Wildman–Crippen MR) is 80.3 cm³/mol. The first-order chi connectivity index (χ1) is 9.20. The van der Waals surface area contributed by atoms with E-state index in [1.807, 2.05) is 43.3 Å². The number of rotatable bonds is 5. The van der Waals surface area contributed by atoms with E-state index in [1.165, 1.54) is 11.8 Å². The summed E-state index contributed by atoms with van der Waals surface area (Å²) in [7, 11) is 0. The molecule has 1 unspecified atom stereocenters.